The maximum atomic E-state index is 12.5. The molecule has 0 spiro atoms. The minimum Gasteiger partial charge on any atom is -0.480 e. The lowest BCUT2D eigenvalue weighted by atomic mass is 9.83. The Bertz CT molecular complexity index is 595. The van der Waals surface area contributed by atoms with Gasteiger partial charge in [0.2, 0.25) is 0 Å². The van der Waals surface area contributed by atoms with Gasteiger partial charge in [-0.25, -0.2) is 0 Å². The molecule has 138 valence electrons. The Kier molecular flexibility index (Phi) is 5.62. The van der Waals surface area contributed by atoms with Gasteiger partial charge in [0.05, 0.1) is 5.92 Å². The number of ether oxygens (including phenoxy) is 1. The van der Waals surface area contributed by atoms with Crippen molar-refractivity contribution in [3.05, 3.63) is 23.3 Å². The Labute approximate surface area is 149 Å². The molecule has 3 aliphatic rings. The van der Waals surface area contributed by atoms with Crippen molar-refractivity contribution < 1.29 is 19.4 Å². The van der Waals surface area contributed by atoms with Gasteiger partial charge in [0.25, 0.3) is 0 Å². The molecule has 4 atom stereocenters. The molecule has 2 heterocycles. The van der Waals surface area contributed by atoms with Crippen LogP contribution < -0.4 is 0 Å². The standard InChI is InChI=1S/C20H29NO4/c1-13-5-3-6-14(2)11-18-15(9-8-13)16(20(24)25-18)12-21-10-4-7-17(21)19(22)23/h5,11,15-18H,3-4,6-10,12H2,1-2H3,(H,22,23)/b13-5?,14-11+/t15-,16-,17-,18+/m0/s1. The average molecular weight is 347 g/mol. The Balaban J connectivity index is 1.78. The molecule has 1 N–H and O–H groups in total. The number of esters is 1. The largest absolute Gasteiger partial charge is 0.480 e. The Morgan fingerprint density at radius 3 is 2.84 bits per heavy atom. The van der Waals surface area contributed by atoms with Gasteiger partial charge < -0.3 is 9.84 Å². The molecule has 2 aliphatic heterocycles. The second-order valence-electron chi connectivity index (χ2n) is 7.80. The first kappa shape index (κ1) is 18.2. The first-order chi connectivity index (χ1) is 12.0. The van der Waals surface area contributed by atoms with Crippen LogP contribution >= 0.6 is 0 Å². The zero-order valence-electron chi connectivity index (χ0n) is 15.2. The summed E-state index contributed by atoms with van der Waals surface area (Å²) in [7, 11) is 0. The second kappa shape index (κ2) is 7.73. The highest BCUT2D eigenvalue weighted by Crippen LogP contribution is 2.37. The molecule has 2 saturated heterocycles. The Morgan fingerprint density at radius 2 is 2.08 bits per heavy atom. The summed E-state index contributed by atoms with van der Waals surface area (Å²) in [6.07, 6.45) is 9.74. The van der Waals surface area contributed by atoms with Gasteiger partial charge in [-0.3, -0.25) is 14.5 Å². The van der Waals surface area contributed by atoms with E-state index in [1.165, 1.54) is 11.1 Å². The van der Waals surface area contributed by atoms with E-state index >= 15 is 0 Å². The highest BCUT2D eigenvalue weighted by atomic mass is 16.6. The lowest BCUT2D eigenvalue weighted by Crippen LogP contribution is -2.41. The molecule has 2 fully saturated rings. The summed E-state index contributed by atoms with van der Waals surface area (Å²) < 4.78 is 5.71. The third-order valence-electron chi connectivity index (χ3n) is 5.93. The van der Waals surface area contributed by atoms with Crippen molar-refractivity contribution in [2.75, 3.05) is 13.1 Å². The highest BCUT2D eigenvalue weighted by Gasteiger charge is 2.45. The van der Waals surface area contributed by atoms with Crippen LogP contribution in [0.25, 0.3) is 0 Å². The second-order valence-corrected chi connectivity index (χ2v) is 7.80. The van der Waals surface area contributed by atoms with Crippen LogP contribution in [-0.4, -0.2) is 47.2 Å². The van der Waals surface area contributed by atoms with Crippen LogP contribution in [0.1, 0.15) is 52.4 Å². The number of carboxylic acids is 1. The molecule has 0 aromatic rings. The van der Waals surface area contributed by atoms with Crippen molar-refractivity contribution in [1.82, 2.24) is 4.90 Å². The molecular formula is C20H29NO4. The molecular weight excluding hydrogens is 318 g/mol. The maximum Gasteiger partial charge on any atom is 0.320 e. The third-order valence-corrected chi connectivity index (χ3v) is 5.93. The van der Waals surface area contributed by atoms with Gasteiger partial charge in [-0.05, 0) is 65.0 Å². The number of nitrogens with zero attached hydrogens (tertiary/aromatic N) is 1. The average Bonchev–Trinajstić information content (AvgIpc) is 3.11. The van der Waals surface area contributed by atoms with Crippen LogP contribution in [-0.2, 0) is 14.3 Å². The van der Waals surface area contributed by atoms with Crippen molar-refractivity contribution in [2.24, 2.45) is 11.8 Å². The number of hydrogen-bond donors (Lipinski definition) is 1. The first-order valence-corrected chi connectivity index (χ1v) is 9.46. The number of allylic oxidation sites excluding steroid dienone is 3. The van der Waals surface area contributed by atoms with Gasteiger partial charge in [-0.2, -0.15) is 0 Å². The third kappa shape index (κ3) is 4.14. The summed E-state index contributed by atoms with van der Waals surface area (Å²) in [6.45, 7) is 5.52. The van der Waals surface area contributed by atoms with Crippen LogP contribution in [0.4, 0.5) is 0 Å². The molecule has 5 nitrogen and oxygen atoms in total. The molecule has 5 heteroatoms. The summed E-state index contributed by atoms with van der Waals surface area (Å²) >= 11 is 0. The lowest BCUT2D eigenvalue weighted by Gasteiger charge is -2.27. The summed E-state index contributed by atoms with van der Waals surface area (Å²) in [5.41, 5.74) is 2.63. The number of aliphatic carboxylic acids is 1. The van der Waals surface area contributed by atoms with Crippen LogP contribution in [0, 0.1) is 11.8 Å². The fraction of sp³-hybridized carbons (Fsp3) is 0.700. The summed E-state index contributed by atoms with van der Waals surface area (Å²) in [5.74, 6) is -1.02. The zero-order valence-corrected chi connectivity index (χ0v) is 15.2. The van der Waals surface area contributed by atoms with Crippen molar-refractivity contribution in [3.8, 4) is 0 Å². The number of hydrogen-bond acceptors (Lipinski definition) is 4. The van der Waals surface area contributed by atoms with Crippen LogP contribution in [0.15, 0.2) is 23.3 Å². The topological polar surface area (TPSA) is 66.8 Å². The van der Waals surface area contributed by atoms with E-state index in [4.69, 9.17) is 4.74 Å². The van der Waals surface area contributed by atoms with Crippen LogP contribution in [0.5, 0.6) is 0 Å². The molecule has 0 aromatic heterocycles. The van der Waals surface area contributed by atoms with Gasteiger partial charge in [0.1, 0.15) is 12.1 Å². The quantitative estimate of drug-likeness (QED) is 0.627. The number of fused-ring (bicyclic) bond motifs is 1. The Morgan fingerprint density at radius 1 is 1.28 bits per heavy atom. The summed E-state index contributed by atoms with van der Waals surface area (Å²) in [4.78, 5) is 26.0. The molecule has 1 aliphatic carbocycles. The summed E-state index contributed by atoms with van der Waals surface area (Å²) in [5, 5.41) is 9.40. The van der Waals surface area contributed by atoms with Gasteiger partial charge in [0.15, 0.2) is 0 Å². The zero-order chi connectivity index (χ0) is 18.0. The van der Waals surface area contributed by atoms with Crippen molar-refractivity contribution in [1.29, 1.82) is 0 Å². The molecule has 25 heavy (non-hydrogen) atoms. The number of carbonyl (C=O) groups is 2. The van der Waals surface area contributed by atoms with E-state index < -0.39 is 12.0 Å². The maximum absolute atomic E-state index is 12.5. The number of carbonyl (C=O) groups excluding carboxylic acids is 1. The van der Waals surface area contributed by atoms with E-state index in [9.17, 15) is 14.7 Å². The molecule has 0 saturated carbocycles. The van der Waals surface area contributed by atoms with Crippen LogP contribution in [0.2, 0.25) is 0 Å². The van der Waals surface area contributed by atoms with Gasteiger partial charge in [-0.15, -0.1) is 0 Å². The predicted octanol–water partition coefficient (Wildman–Crippen LogP) is 3.16. The van der Waals surface area contributed by atoms with E-state index in [0.717, 1.165) is 38.6 Å². The smallest absolute Gasteiger partial charge is 0.320 e. The van der Waals surface area contributed by atoms with E-state index in [0.29, 0.717) is 13.0 Å². The van der Waals surface area contributed by atoms with Gasteiger partial charge in [-0.1, -0.05) is 17.2 Å². The molecule has 0 unspecified atom stereocenters. The fourth-order valence-corrected chi connectivity index (χ4v) is 4.43. The minimum atomic E-state index is -0.777. The van der Waals surface area contributed by atoms with E-state index in [2.05, 4.69) is 26.0 Å². The van der Waals surface area contributed by atoms with Crippen LogP contribution in [0.3, 0.4) is 0 Å². The lowest BCUT2D eigenvalue weighted by molar-refractivity contribution is -0.146. The molecule has 3 rings (SSSR count). The van der Waals surface area contributed by atoms with Gasteiger partial charge >= 0.3 is 11.9 Å². The number of carboxylic acid groups (broad SMARTS) is 1. The molecule has 0 radical (unpaired) electrons. The van der Waals surface area contributed by atoms with E-state index in [1.54, 1.807) is 0 Å². The Hall–Kier alpha value is -1.62. The van der Waals surface area contributed by atoms with Crippen molar-refractivity contribution in [2.45, 2.75) is 64.5 Å². The van der Waals surface area contributed by atoms with E-state index in [-0.39, 0.29) is 23.9 Å². The molecule has 0 bridgehead atoms. The predicted molar refractivity (Wildman–Crippen MR) is 95.1 cm³/mol. The van der Waals surface area contributed by atoms with E-state index in [1.807, 2.05) is 4.90 Å². The molecule has 0 amide bonds. The summed E-state index contributed by atoms with van der Waals surface area (Å²) in [6, 6.07) is -0.453. The fourth-order valence-electron chi connectivity index (χ4n) is 4.43. The monoisotopic (exact) mass is 347 g/mol. The number of likely N-dealkylation sites (tertiary alicyclic amines) is 1. The first-order valence-electron chi connectivity index (χ1n) is 9.46. The minimum absolute atomic E-state index is 0.138. The SMILES string of the molecule is CC1=CCC/C(C)=C/[C@H]2OC(=O)[C@@H](CN3CCC[C@H]3C(=O)O)[C@@H]2CC1. The number of rotatable bonds is 3. The highest BCUT2D eigenvalue weighted by molar-refractivity contribution is 5.77. The van der Waals surface area contributed by atoms with Gasteiger partial charge in [0, 0.05) is 12.5 Å². The normalized spacial score (nSPS) is 36.2. The molecule has 0 aromatic carbocycles. The van der Waals surface area contributed by atoms with Crippen molar-refractivity contribution >= 4 is 11.9 Å². The van der Waals surface area contributed by atoms with Crippen molar-refractivity contribution in [3.63, 3.8) is 0 Å².